The van der Waals surface area contributed by atoms with Crippen LogP contribution in [-0.2, 0) is 0 Å². The molecule has 1 heterocycles. The molecule has 3 rings (SSSR count). The summed E-state index contributed by atoms with van der Waals surface area (Å²) in [5.74, 6) is 0.847. The molecule has 0 saturated heterocycles. The van der Waals surface area contributed by atoms with Gasteiger partial charge in [0.2, 0.25) is 5.78 Å². The molecule has 0 unspecified atom stereocenters. The van der Waals surface area contributed by atoms with Crippen molar-refractivity contribution in [2.24, 2.45) is 5.92 Å². The van der Waals surface area contributed by atoms with Gasteiger partial charge in [-0.15, -0.1) is 0 Å². The van der Waals surface area contributed by atoms with Gasteiger partial charge in [0.1, 0.15) is 5.58 Å². The van der Waals surface area contributed by atoms with Crippen molar-refractivity contribution >= 4 is 28.4 Å². The fourth-order valence-electron chi connectivity index (χ4n) is 1.96. The van der Waals surface area contributed by atoms with Gasteiger partial charge in [0.05, 0.1) is 0 Å². The van der Waals surface area contributed by atoms with Gasteiger partial charge in [0.25, 0.3) is 0 Å². The Morgan fingerprint density at radius 2 is 2.19 bits per heavy atom. The number of rotatable bonds is 2. The Morgan fingerprint density at radius 3 is 2.88 bits per heavy atom. The van der Waals surface area contributed by atoms with Gasteiger partial charge in [-0.05, 0) is 38.0 Å². The number of furan rings is 1. The van der Waals surface area contributed by atoms with Crippen LogP contribution in [0.25, 0.3) is 11.0 Å². The van der Waals surface area contributed by atoms with Crippen LogP contribution in [0.1, 0.15) is 29.0 Å². The van der Waals surface area contributed by atoms with Gasteiger partial charge < -0.3 is 4.42 Å². The first-order valence-electron chi connectivity index (χ1n) is 5.39. The van der Waals surface area contributed by atoms with Crippen molar-refractivity contribution in [3.63, 3.8) is 0 Å². The van der Waals surface area contributed by atoms with Crippen molar-refractivity contribution in [2.45, 2.75) is 19.8 Å². The average molecular weight is 235 g/mol. The Balaban J connectivity index is 2.18. The molecule has 1 fully saturated rings. The minimum Gasteiger partial charge on any atom is -0.453 e. The normalized spacial score (nSPS) is 15.6. The predicted octanol–water partition coefficient (Wildman–Crippen LogP) is 3.99. The zero-order valence-electron chi connectivity index (χ0n) is 8.92. The van der Waals surface area contributed by atoms with E-state index in [2.05, 4.69) is 0 Å². The maximum atomic E-state index is 12.0. The summed E-state index contributed by atoms with van der Waals surface area (Å²) in [7, 11) is 0. The summed E-state index contributed by atoms with van der Waals surface area (Å²) in [6.07, 6.45) is 1.99. The zero-order chi connectivity index (χ0) is 11.3. The van der Waals surface area contributed by atoms with E-state index in [0.717, 1.165) is 29.4 Å². The molecule has 2 aromatic rings. The highest BCUT2D eigenvalue weighted by Gasteiger charge is 2.33. The lowest BCUT2D eigenvalue weighted by molar-refractivity contribution is 0.0941. The summed E-state index contributed by atoms with van der Waals surface area (Å²) in [5, 5.41) is 1.61. The molecular formula is C13H11ClO2. The Labute approximate surface area is 98.2 Å². The van der Waals surface area contributed by atoms with Gasteiger partial charge in [-0.25, -0.2) is 0 Å². The standard InChI is InChI=1S/C13H11ClO2/c1-7-10-6-9(14)4-5-11(10)16-13(7)12(15)8-2-3-8/h4-6,8H,2-3H2,1H3. The van der Waals surface area contributed by atoms with Gasteiger partial charge in [-0.3, -0.25) is 4.79 Å². The summed E-state index contributed by atoms with van der Waals surface area (Å²) in [5.41, 5.74) is 1.65. The molecule has 1 aromatic carbocycles. The second-order valence-corrected chi connectivity index (χ2v) is 4.77. The van der Waals surface area contributed by atoms with Gasteiger partial charge in [-0.2, -0.15) is 0 Å². The molecule has 0 radical (unpaired) electrons. The largest absolute Gasteiger partial charge is 0.453 e. The van der Waals surface area contributed by atoms with Crippen LogP contribution < -0.4 is 0 Å². The van der Waals surface area contributed by atoms with Crippen LogP contribution in [0.3, 0.4) is 0 Å². The first-order chi connectivity index (χ1) is 7.66. The Bertz CT molecular complexity index is 579. The van der Waals surface area contributed by atoms with Crippen LogP contribution in [-0.4, -0.2) is 5.78 Å². The number of carbonyl (C=O) groups is 1. The first-order valence-corrected chi connectivity index (χ1v) is 5.77. The number of hydrogen-bond donors (Lipinski definition) is 0. The van der Waals surface area contributed by atoms with Crippen molar-refractivity contribution in [2.75, 3.05) is 0 Å². The summed E-state index contributed by atoms with van der Waals surface area (Å²) >= 11 is 5.93. The van der Waals surface area contributed by atoms with Crippen molar-refractivity contribution in [3.05, 3.63) is 34.5 Å². The smallest absolute Gasteiger partial charge is 0.201 e. The minimum absolute atomic E-state index is 0.143. The van der Waals surface area contributed by atoms with Crippen LogP contribution in [0.5, 0.6) is 0 Å². The van der Waals surface area contributed by atoms with Gasteiger partial charge in [0, 0.05) is 21.9 Å². The van der Waals surface area contributed by atoms with E-state index < -0.39 is 0 Å². The van der Waals surface area contributed by atoms with E-state index in [1.54, 1.807) is 6.07 Å². The summed E-state index contributed by atoms with van der Waals surface area (Å²) < 4.78 is 5.61. The number of fused-ring (bicyclic) bond motifs is 1. The van der Waals surface area contributed by atoms with Crippen LogP contribution in [0, 0.1) is 12.8 Å². The number of Topliss-reactive ketones (excluding diaryl/α,β-unsaturated/α-hetero) is 1. The monoisotopic (exact) mass is 234 g/mol. The highest BCUT2D eigenvalue weighted by atomic mass is 35.5. The van der Waals surface area contributed by atoms with E-state index in [1.165, 1.54) is 0 Å². The molecule has 0 aliphatic heterocycles. The summed E-state index contributed by atoms with van der Waals surface area (Å²) in [6.45, 7) is 1.91. The molecule has 0 amide bonds. The van der Waals surface area contributed by atoms with Crippen molar-refractivity contribution in [1.29, 1.82) is 0 Å². The molecule has 1 aliphatic rings. The quantitative estimate of drug-likeness (QED) is 0.736. The lowest BCUT2D eigenvalue weighted by atomic mass is 10.1. The third-order valence-corrected chi connectivity index (χ3v) is 3.31. The third kappa shape index (κ3) is 1.45. The Kier molecular flexibility index (Phi) is 2.08. The maximum absolute atomic E-state index is 12.0. The van der Waals surface area contributed by atoms with Crippen LogP contribution in [0.4, 0.5) is 0 Å². The molecule has 0 atom stereocenters. The minimum atomic E-state index is 0.143. The predicted molar refractivity (Wildman–Crippen MR) is 63.0 cm³/mol. The second-order valence-electron chi connectivity index (χ2n) is 4.34. The molecule has 0 bridgehead atoms. The first kappa shape index (κ1) is 9.91. The maximum Gasteiger partial charge on any atom is 0.201 e. The van der Waals surface area contributed by atoms with Gasteiger partial charge >= 0.3 is 0 Å². The van der Waals surface area contributed by atoms with Gasteiger partial charge in [-0.1, -0.05) is 11.6 Å². The molecule has 16 heavy (non-hydrogen) atoms. The van der Waals surface area contributed by atoms with Crippen molar-refractivity contribution < 1.29 is 9.21 Å². The average Bonchev–Trinajstić information content (AvgIpc) is 3.05. The molecule has 0 spiro atoms. The lowest BCUT2D eigenvalue weighted by Crippen LogP contribution is -2.00. The van der Waals surface area contributed by atoms with Crippen LogP contribution in [0.15, 0.2) is 22.6 Å². The van der Waals surface area contributed by atoms with E-state index in [9.17, 15) is 4.79 Å². The highest BCUT2D eigenvalue weighted by Crippen LogP contribution is 2.36. The van der Waals surface area contributed by atoms with E-state index in [4.69, 9.17) is 16.0 Å². The number of ketones is 1. The highest BCUT2D eigenvalue weighted by molar-refractivity contribution is 6.31. The second kappa shape index (κ2) is 3.36. The van der Waals surface area contributed by atoms with E-state index in [0.29, 0.717) is 10.8 Å². The Morgan fingerprint density at radius 1 is 1.44 bits per heavy atom. The molecular weight excluding hydrogens is 224 g/mol. The number of hydrogen-bond acceptors (Lipinski definition) is 2. The molecule has 2 nitrogen and oxygen atoms in total. The van der Waals surface area contributed by atoms with Gasteiger partial charge in [0.15, 0.2) is 5.76 Å². The molecule has 1 aromatic heterocycles. The van der Waals surface area contributed by atoms with Crippen LogP contribution in [0.2, 0.25) is 5.02 Å². The molecule has 3 heteroatoms. The van der Waals surface area contributed by atoms with Crippen molar-refractivity contribution in [3.8, 4) is 0 Å². The number of carbonyl (C=O) groups excluding carboxylic acids is 1. The topological polar surface area (TPSA) is 30.2 Å². The summed E-state index contributed by atoms with van der Waals surface area (Å²) in [4.78, 5) is 12.0. The molecule has 1 saturated carbocycles. The molecule has 1 aliphatic carbocycles. The lowest BCUT2D eigenvalue weighted by Gasteiger charge is -1.93. The molecule has 82 valence electrons. The number of aryl methyl sites for hydroxylation is 1. The Hall–Kier alpha value is -1.28. The van der Waals surface area contributed by atoms with E-state index in [1.807, 2.05) is 19.1 Å². The number of benzene rings is 1. The SMILES string of the molecule is Cc1c(C(=O)C2CC2)oc2ccc(Cl)cc12. The van der Waals surface area contributed by atoms with Crippen molar-refractivity contribution in [1.82, 2.24) is 0 Å². The van der Waals surface area contributed by atoms with E-state index in [-0.39, 0.29) is 11.7 Å². The fraction of sp³-hybridized carbons (Fsp3) is 0.308. The third-order valence-electron chi connectivity index (χ3n) is 3.07. The summed E-state index contributed by atoms with van der Waals surface area (Å²) in [6, 6.07) is 5.44. The van der Waals surface area contributed by atoms with Crippen LogP contribution >= 0.6 is 11.6 Å². The van der Waals surface area contributed by atoms with E-state index >= 15 is 0 Å². The molecule has 0 N–H and O–H groups in total. The number of halogens is 1. The zero-order valence-corrected chi connectivity index (χ0v) is 9.67. The fourth-order valence-corrected chi connectivity index (χ4v) is 2.13.